The third-order valence-electron chi connectivity index (χ3n) is 3.53. The van der Waals surface area contributed by atoms with Gasteiger partial charge in [0.25, 0.3) is 0 Å². The first-order chi connectivity index (χ1) is 8.11. The third-order valence-corrected chi connectivity index (χ3v) is 3.83. The summed E-state index contributed by atoms with van der Waals surface area (Å²) in [6.45, 7) is 9.80. The summed E-state index contributed by atoms with van der Waals surface area (Å²) >= 11 is 6.37. The van der Waals surface area contributed by atoms with Crippen molar-refractivity contribution in [2.75, 3.05) is 24.5 Å². The molecule has 0 amide bonds. The average molecular weight is 253 g/mol. The van der Waals surface area contributed by atoms with E-state index in [2.05, 4.69) is 37.1 Å². The van der Waals surface area contributed by atoms with Crippen molar-refractivity contribution in [3.8, 4) is 0 Å². The Balaban J connectivity index is 2.36. The molecule has 1 unspecified atom stereocenters. The number of nitrogens with zero attached hydrogens (tertiary/aromatic N) is 1. The van der Waals surface area contributed by atoms with Crippen molar-refractivity contribution in [3.63, 3.8) is 0 Å². The molecule has 17 heavy (non-hydrogen) atoms. The van der Waals surface area contributed by atoms with E-state index < -0.39 is 0 Å². The van der Waals surface area contributed by atoms with E-state index >= 15 is 0 Å². The summed E-state index contributed by atoms with van der Waals surface area (Å²) in [7, 11) is 0. The Bertz CT molecular complexity index is 370. The number of halogens is 1. The second-order valence-corrected chi connectivity index (χ2v) is 5.52. The highest BCUT2D eigenvalue weighted by Crippen LogP contribution is 2.32. The van der Waals surface area contributed by atoms with Gasteiger partial charge in [0.15, 0.2) is 0 Å². The van der Waals surface area contributed by atoms with E-state index in [-0.39, 0.29) is 0 Å². The van der Waals surface area contributed by atoms with E-state index in [0.29, 0.717) is 12.0 Å². The Kier molecular flexibility index (Phi) is 3.95. The molecule has 1 aliphatic rings. The predicted molar refractivity (Wildman–Crippen MR) is 75.0 cm³/mol. The molecule has 0 radical (unpaired) electrons. The zero-order valence-corrected chi connectivity index (χ0v) is 11.6. The molecule has 2 nitrogen and oxygen atoms in total. The highest BCUT2D eigenvalue weighted by Gasteiger charge is 2.27. The minimum atomic E-state index is 0.530. The van der Waals surface area contributed by atoms with Gasteiger partial charge in [-0.3, -0.25) is 0 Å². The van der Waals surface area contributed by atoms with Gasteiger partial charge in [-0.2, -0.15) is 0 Å². The van der Waals surface area contributed by atoms with E-state index in [1.54, 1.807) is 0 Å². The van der Waals surface area contributed by atoms with E-state index in [1.165, 1.54) is 11.3 Å². The molecule has 1 heterocycles. The number of aryl methyl sites for hydroxylation is 1. The van der Waals surface area contributed by atoms with Crippen LogP contribution in [0.3, 0.4) is 0 Å². The number of para-hydroxylation sites is 1. The molecule has 94 valence electrons. The number of anilines is 1. The molecule has 0 aliphatic carbocycles. The van der Waals surface area contributed by atoms with Crippen LogP contribution in [0.2, 0.25) is 5.02 Å². The van der Waals surface area contributed by atoms with Gasteiger partial charge in [0.1, 0.15) is 0 Å². The summed E-state index contributed by atoms with van der Waals surface area (Å²) in [6.07, 6.45) is 0. The van der Waals surface area contributed by atoms with Crippen molar-refractivity contribution in [1.29, 1.82) is 0 Å². The molecule has 1 fully saturated rings. The molecule has 1 aromatic carbocycles. The van der Waals surface area contributed by atoms with Gasteiger partial charge in [0.05, 0.1) is 10.7 Å². The van der Waals surface area contributed by atoms with Crippen LogP contribution >= 0.6 is 11.6 Å². The van der Waals surface area contributed by atoms with Crippen molar-refractivity contribution in [1.82, 2.24) is 5.32 Å². The SMILES string of the molecule is Cc1cccc(Cl)c1N1CCNCC1C(C)C. The van der Waals surface area contributed by atoms with Crippen LogP contribution in [-0.4, -0.2) is 25.7 Å². The quantitative estimate of drug-likeness (QED) is 0.870. The van der Waals surface area contributed by atoms with Gasteiger partial charge in [-0.05, 0) is 24.5 Å². The molecule has 1 N–H and O–H groups in total. The summed E-state index contributed by atoms with van der Waals surface area (Å²) in [4.78, 5) is 2.47. The first kappa shape index (κ1) is 12.7. The van der Waals surface area contributed by atoms with Crippen molar-refractivity contribution < 1.29 is 0 Å². The number of benzene rings is 1. The Morgan fingerprint density at radius 3 is 2.82 bits per heavy atom. The smallest absolute Gasteiger partial charge is 0.0642 e. The molecule has 0 saturated carbocycles. The zero-order valence-electron chi connectivity index (χ0n) is 10.8. The van der Waals surface area contributed by atoms with Crippen molar-refractivity contribution in [2.45, 2.75) is 26.8 Å². The molecule has 0 spiro atoms. The number of hydrogen-bond acceptors (Lipinski definition) is 2. The molecule has 2 rings (SSSR count). The van der Waals surface area contributed by atoms with Crippen molar-refractivity contribution >= 4 is 17.3 Å². The Hall–Kier alpha value is -0.730. The highest BCUT2D eigenvalue weighted by molar-refractivity contribution is 6.33. The minimum Gasteiger partial charge on any atom is -0.364 e. The van der Waals surface area contributed by atoms with Gasteiger partial charge >= 0.3 is 0 Å². The minimum absolute atomic E-state index is 0.530. The fourth-order valence-corrected chi connectivity index (χ4v) is 2.92. The average Bonchev–Trinajstić information content (AvgIpc) is 2.29. The maximum absolute atomic E-state index is 6.37. The van der Waals surface area contributed by atoms with Crippen LogP contribution in [0.1, 0.15) is 19.4 Å². The first-order valence-corrected chi connectivity index (χ1v) is 6.71. The van der Waals surface area contributed by atoms with E-state index in [0.717, 1.165) is 24.7 Å². The molecular formula is C14H21ClN2. The van der Waals surface area contributed by atoms with Crippen LogP contribution in [0, 0.1) is 12.8 Å². The van der Waals surface area contributed by atoms with Gasteiger partial charge in [0, 0.05) is 25.7 Å². The number of piperazine rings is 1. The molecule has 1 saturated heterocycles. The van der Waals surface area contributed by atoms with Crippen LogP contribution in [0.15, 0.2) is 18.2 Å². The lowest BCUT2D eigenvalue weighted by Crippen LogP contribution is -2.54. The van der Waals surface area contributed by atoms with Crippen LogP contribution in [0.5, 0.6) is 0 Å². The van der Waals surface area contributed by atoms with Gasteiger partial charge in [-0.25, -0.2) is 0 Å². The van der Waals surface area contributed by atoms with E-state index in [4.69, 9.17) is 11.6 Å². The van der Waals surface area contributed by atoms with Crippen LogP contribution in [0.4, 0.5) is 5.69 Å². The fraction of sp³-hybridized carbons (Fsp3) is 0.571. The summed E-state index contributed by atoms with van der Waals surface area (Å²) in [5, 5.41) is 4.34. The Morgan fingerprint density at radius 2 is 2.18 bits per heavy atom. The third kappa shape index (κ3) is 2.58. The predicted octanol–water partition coefficient (Wildman–Crippen LogP) is 3.08. The molecule has 0 bridgehead atoms. The summed E-state index contributed by atoms with van der Waals surface area (Å²) < 4.78 is 0. The fourth-order valence-electron chi connectivity index (χ4n) is 2.59. The van der Waals surface area contributed by atoms with Crippen LogP contribution < -0.4 is 10.2 Å². The maximum Gasteiger partial charge on any atom is 0.0642 e. The maximum atomic E-state index is 6.37. The molecule has 1 aliphatic heterocycles. The number of hydrogen-bond donors (Lipinski definition) is 1. The van der Waals surface area contributed by atoms with E-state index in [9.17, 15) is 0 Å². The largest absolute Gasteiger partial charge is 0.364 e. The summed E-state index contributed by atoms with van der Waals surface area (Å²) in [6, 6.07) is 6.68. The lowest BCUT2D eigenvalue weighted by Gasteiger charge is -2.41. The lowest BCUT2D eigenvalue weighted by atomic mass is 9.99. The number of nitrogens with one attached hydrogen (secondary N) is 1. The van der Waals surface area contributed by atoms with Crippen molar-refractivity contribution in [2.24, 2.45) is 5.92 Å². The normalized spacial score (nSPS) is 21.0. The van der Waals surface area contributed by atoms with Crippen LogP contribution in [0.25, 0.3) is 0 Å². The van der Waals surface area contributed by atoms with E-state index in [1.807, 2.05) is 12.1 Å². The molecule has 0 aromatic heterocycles. The molecule has 1 atom stereocenters. The molecule has 3 heteroatoms. The van der Waals surface area contributed by atoms with Gasteiger partial charge < -0.3 is 10.2 Å². The molecular weight excluding hydrogens is 232 g/mol. The zero-order chi connectivity index (χ0) is 12.4. The summed E-state index contributed by atoms with van der Waals surface area (Å²) in [5.41, 5.74) is 2.49. The number of rotatable bonds is 2. The van der Waals surface area contributed by atoms with Crippen LogP contribution in [-0.2, 0) is 0 Å². The summed E-state index contributed by atoms with van der Waals surface area (Å²) in [5.74, 6) is 0.624. The second kappa shape index (κ2) is 5.28. The highest BCUT2D eigenvalue weighted by atomic mass is 35.5. The molecule has 1 aromatic rings. The monoisotopic (exact) mass is 252 g/mol. The Morgan fingerprint density at radius 1 is 1.41 bits per heavy atom. The van der Waals surface area contributed by atoms with Gasteiger partial charge in [-0.15, -0.1) is 0 Å². The van der Waals surface area contributed by atoms with Gasteiger partial charge in [0.2, 0.25) is 0 Å². The second-order valence-electron chi connectivity index (χ2n) is 5.11. The topological polar surface area (TPSA) is 15.3 Å². The lowest BCUT2D eigenvalue weighted by molar-refractivity contribution is 0.390. The first-order valence-electron chi connectivity index (χ1n) is 6.33. The van der Waals surface area contributed by atoms with Gasteiger partial charge in [-0.1, -0.05) is 37.6 Å². The Labute approximate surface area is 109 Å². The van der Waals surface area contributed by atoms with Crippen molar-refractivity contribution in [3.05, 3.63) is 28.8 Å². The standard InChI is InChI=1S/C14H21ClN2/c1-10(2)13-9-16-7-8-17(13)14-11(3)5-4-6-12(14)15/h4-6,10,13,16H,7-9H2,1-3H3.